The largest absolute Gasteiger partial charge is 0.396 e. The average Bonchev–Trinajstić information content (AvgIpc) is 2.72. The zero-order valence-corrected chi connectivity index (χ0v) is 10.0. The number of rotatable bonds is 8. The van der Waals surface area contributed by atoms with Crippen LogP contribution in [-0.2, 0) is 17.8 Å². The molecule has 0 fully saturated rings. The monoisotopic (exact) mass is 227 g/mol. The molecule has 1 aromatic heterocycles. The van der Waals surface area contributed by atoms with Crippen molar-refractivity contribution in [3.05, 3.63) is 18.2 Å². The minimum atomic E-state index is 0.203. The molecule has 0 amide bonds. The molecule has 0 bridgehead atoms. The molecule has 0 spiro atoms. The van der Waals surface area contributed by atoms with Gasteiger partial charge in [-0.3, -0.25) is 0 Å². The summed E-state index contributed by atoms with van der Waals surface area (Å²) in [5.74, 6) is 1.25. The van der Waals surface area contributed by atoms with E-state index >= 15 is 0 Å². The Morgan fingerprint density at radius 1 is 1.62 bits per heavy atom. The van der Waals surface area contributed by atoms with E-state index in [0.717, 1.165) is 25.5 Å². The number of hydrogen-bond donors (Lipinski definition) is 2. The molecule has 0 radical (unpaired) electrons. The summed E-state index contributed by atoms with van der Waals surface area (Å²) in [5.41, 5.74) is 0. The maximum atomic E-state index is 9.00. The van der Waals surface area contributed by atoms with Crippen LogP contribution in [0.2, 0.25) is 0 Å². The lowest BCUT2D eigenvalue weighted by molar-refractivity contribution is 0.198. The van der Waals surface area contributed by atoms with E-state index in [1.165, 1.54) is 0 Å². The third-order valence-corrected chi connectivity index (χ3v) is 2.39. The van der Waals surface area contributed by atoms with Crippen LogP contribution in [-0.4, -0.2) is 41.5 Å². The first-order valence-electron chi connectivity index (χ1n) is 5.58. The molecule has 0 aliphatic rings. The SMILES string of the molecule is COCCNCc1nccn1CC(C)CO. The Balaban J connectivity index is 2.38. The fraction of sp³-hybridized carbons (Fsp3) is 0.727. The van der Waals surface area contributed by atoms with Crippen LogP contribution in [0.5, 0.6) is 0 Å². The van der Waals surface area contributed by atoms with Gasteiger partial charge in [0.1, 0.15) is 5.82 Å². The first kappa shape index (κ1) is 13.2. The molecule has 1 heterocycles. The molecule has 1 aromatic rings. The predicted molar refractivity (Wildman–Crippen MR) is 62.1 cm³/mol. The van der Waals surface area contributed by atoms with Crippen LogP contribution in [0.15, 0.2) is 12.4 Å². The van der Waals surface area contributed by atoms with Gasteiger partial charge >= 0.3 is 0 Å². The van der Waals surface area contributed by atoms with Gasteiger partial charge in [-0.05, 0) is 5.92 Å². The number of aliphatic hydroxyl groups is 1. The molecule has 2 N–H and O–H groups in total. The number of nitrogens with zero attached hydrogens (tertiary/aromatic N) is 2. The number of hydrogen-bond acceptors (Lipinski definition) is 4. The van der Waals surface area contributed by atoms with E-state index in [2.05, 4.69) is 14.9 Å². The van der Waals surface area contributed by atoms with Crippen molar-refractivity contribution in [2.75, 3.05) is 26.9 Å². The molecule has 0 saturated heterocycles. The van der Waals surface area contributed by atoms with Crippen molar-refractivity contribution < 1.29 is 9.84 Å². The highest BCUT2D eigenvalue weighted by Gasteiger charge is 2.06. The smallest absolute Gasteiger partial charge is 0.122 e. The van der Waals surface area contributed by atoms with Gasteiger partial charge in [0.25, 0.3) is 0 Å². The highest BCUT2D eigenvalue weighted by Crippen LogP contribution is 2.03. The standard InChI is InChI=1S/C11H21N3O2/c1-10(9-15)8-14-5-3-13-11(14)7-12-4-6-16-2/h3,5,10,12,15H,4,6-9H2,1-2H3. The first-order chi connectivity index (χ1) is 7.77. The first-order valence-corrected chi connectivity index (χ1v) is 5.58. The van der Waals surface area contributed by atoms with Crippen LogP contribution < -0.4 is 5.32 Å². The van der Waals surface area contributed by atoms with Crippen molar-refractivity contribution in [3.8, 4) is 0 Å². The summed E-state index contributed by atoms with van der Waals surface area (Å²) in [6, 6.07) is 0. The van der Waals surface area contributed by atoms with E-state index in [-0.39, 0.29) is 12.5 Å². The van der Waals surface area contributed by atoms with Crippen LogP contribution in [0.25, 0.3) is 0 Å². The van der Waals surface area contributed by atoms with Gasteiger partial charge in [0.2, 0.25) is 0 Å². The molecular weight excluding hydrogens is 206 g/mol. The molecule has 0 aliphatic heterocycles. The highest BCUT2D eigenvalue weighted by atomic mass is 16.5. The van der Waals surface area contributed by atoms with Crippen molar-refractivity contribution in [2.45, 2.75) is 20.0 Å². The molecule has 0 aliphatic carbocycles. The van der Waals surface area contributed by atoms with Crippen LogP contribution >= 0.6 is 0 Å². The van der Waals surface area contributed by atoms with Crippen molar-refractivity contribution in [1.29, 1.82) is 0 Å². The summed E-state index contributed by atoms with van der Waals surface area (Å²) in [4.78, 5) is 4.28. The van der Waals surface area contributed by atoms with Crippen molar-refractivity contribution in [1.82, 2.24) is 14.9 Å². The fourth-order valence-corrected chi connectivity index (χ4v) is 1.44. The van der Waals surface area contributed by atoms with Crippen LogP contribution in [0.4, 0.5) is 0 Å². The Hall–Kier alpha value is -0.910. The lowest BCUT2D eigenvalue weighted by Gasteiger charge is -2.12. The molecule has 1 rings (SSSR count). The number of aliphatic hydroxyl groups excluding tert-OH is 1. The maximum absolute atomic E-state index is 9.00. The number of nitrogens with one attached hydrogen (secondary N) is 1. The van der Waals surface area contributed by atoms with E-state index in [9.17, 15) is 0 Å². The van der Waals surface area contributed by atoms with Gasteiger partial charge in [-0.25, -0.2) is 4.98 Å². The van der Waals surface area contributed by atoms with E-state index in [4.69, 9.17) is 9.84 Å². The van der Waals surface area contributed by atoms with E-state index < -0.39 is 0 Å². The minimum absolute atomic E-state index is 0.203. The second kappa shape index (κ2) is 7.38. The molecule has 5 heteroatoms. The molecule has 0 saturated carbocycles. The minimum Gasteiger partial charge on any atom is -0.396 e. The van der Waals surface area contributed by atoms with Gasteiger partial charge in [0.15, 0.2) is 0 Å². The van der Waals surface area contributed by atoms with Gasteiger partial charge in [0, 0.05) is 39.2 Å². The van der Waals surface area contributed by atoms with Gasteiger partial charge in [-0.2, -0.15) is 0 Å². The fourth-order valence-electron chi connectivity index (χ4n) is 1.44. The quantitative estimate of drug-likeness (QED) is 0.625. The van der Waals surface area contributed by atoms with Crippen molar-refractivity contribution in [2.24, 2.45) is 5.92 Å². The average molecular weight is 227 g/mol. The summed E-state index contributed by atoms with van der Waals surface area (Å²) < 4.78 is 7.02. The second-order valence-electron chi connectivity index (χ2n) is 3.95. The number of methoxy groups -OCH3 is 1. The van der Waals surface area contributed by atoms with Crippen LogP contribution in [0.3, 0.4) is 0 Å². The Bertz CT molecular complexity index is 289. The lowest BCUT2D eigenvalue weighted by Crippen LogP contribution is -2.22. The predicted octanol–water partition coefficient (Wildman–Crippen LogP) is 0.247. The molecule has 92 valence electrons. The lowest BCUT2D eigenvalue weighted by atomic mass is 10.2. The zero-order chi connectivity index (χ0) is 11.8. The number of imidazole rings is 1. The van der Waals surface area contributed by atoms with Gasteiger partial charge in [-0.15, -0.1) is 0 Å². The summed E-state index contributed by atoms with van der Waals surface area (Å²) in [7, 11) is 1.69. The van der Waals surface area contributed by atoms with Crippen LogP contribution in [0, 0.1) is 5.92 Å². The number of aromatic nitrogens is 2. The third kappa shape index (κ3) is 4.30. The highest BCUT2D eigenvalue weighted by molar-refractivity contribution is 4.92. The van der Waals surface area contributed by atoms with Gasteiger partial charge in [0.05, 0.1) is 13.2 Å². The van der Waals surface area contributed by atoms with E-state index in [1.807, 2.05) is 13.1 Å². The van der Waals surface area contributed by atoms with Crippen LogP contribution in [0.1, 0.15) is 12.7 Å². The van der Waals surface area contributed by atoms with Crippen molar-refractivity contribution in [3.63, 3.8) is 0 Å². The Morgan fingerprint density at radius 3 is 3.12 bits per heavy atom. The zero-order valence-electron chi connectivity index (χ0n) is 10.0. The molecule has 0 aromatic carbocycles. The molecule has 1 atom stereocenters. The van der Waals surface area contributed by atoms with Gasteiger partial charge < -0.3 is 19.7 Å². The Labute approximate surface area is 96.4 Å². The Kier molecular flexibility index (Phi) is 6.07. The molecule has 1 unspecified atom stereocenters. The van der Waals surface area contributed by atoms with Crippen molar-refractivity contribution >= 4 is 0 Å². The summed E-state index contributed by atoms with van der Waals surface area (Å²) in [6.45, 7) is 5.27. The molecule has 16 heavy (non-hydrogen) atoms. The Morgan fingerprint density at radius 2 is 2.44 bits per heavy atom. The summed E-state index contributed by atoms with van der Waals surface area (Å²) >= 11 is 0. The van der Waals surface area contributed by atoms with E-state index in [0.29, 0.717) is 6.61 Å². The molecule has 5 nitrogen and oxygen atoms in total. The summed E-state index contributed by atoms with van der Waals surface area (Å²) in [5, 5.41) is 12.3. The summed E-state index contributed by atoms with van der Waals surface area (Å²) in [6.07, 6.45) is 3.73. The normalized spacial score (nSPS) is 12.9. The van der Waals surface area contributed by atoms with E-state index in [1.54, 1.807) is 13.3 Å². The second-order valence-corrected chi connectivity index (χ2v) is 3.95. The van der Waals surface area contributed by atoms with Gasteiger partial charge in [-0.1, -0.05) is 6.92 Å². The third-order valence-electron chi connectivity index (χ3n) is 2.39. The number of ether oxygens (including phenoxy) is 1. The maximum Gasteiger partial charge on any atom is 0.122 e. The topological polar surface area (TPSA) is 59.3 Å². The molecular formula is C11H21N3O2.